The second kappa shape index (κ2) is 5.81. The van der Waals surface area contributed by atoms with Crippen LogP contribution in [0.25, 0.3) is 0 Å². The third kappa shape index (κ3) is 3.19. The summed E-state index contributed by atoms with van der Waals surface area (Å²) in [7, 11) is 0. The summed E-state index contributed by atoms with van der Waals surface area (Å²) in [5.74, 6) is -0.429. The molecule has 0 saturated carbocycles. The molecule has 0 radical (unpaired) electrons. The molecule has 0 atom stereocenters. The van der Waals surface area contributed by atoms with E-state index in [-0.39, 0.29) is 13.2 Å². The Morgan fingerprint density at radius 2 is 2.50 bits per heavy atom. The van der Waals surface area contributed by atoms with Crippen LogP contribution in [0.4, 0.5) is 4.79 Å². The lowest BCUT2D eigenvalue weighted by Gasteiger charge is -2.25. The molecule has 1 saturated heterocycles. The molecule has 0 aliphatic carbocycles. The third-order valence-electron chi connectivity index (χ3n) is 2.59. The standard InChI is InChI=1S/C11H14N2O4S/c1-8-9(18-7-12-8)6-17-10(14)5-13-3-2-4-16-11(13)15/h7H,2-6H2,1H3. The maximum absolute atomic E-state index is 11.6. The summed E-state index contributed by atoms with van der Waals surface area (Å²) in [5, 5.41) is 0. The molecule has 0 unspecified atom stereocenters. The zero-order valence-electron chi connectivity index (χ0n) is 10.0. The molecule has 6 nitrogen and oxygen atoms in total. The highest BCUT2D eigenvalue weighted by Gasteiger charge is 2.22. The van der Waals surface area contributed by atoms with Gasteiger partial charge >= 0.3 is 12.1 Å². The van der Waals surface area contributed by atoms with Crippen LogP contribution in [0.1, 0.15) is 17.0 Å². The van der Waals surface area contributed by atoms with Gasteiger partial charge in [-0.05, 0) is 13.3 Å². The topological polar surface area (TPSA) is 68.7 Å². The van der Waals surface area contributed by atoms with E-state index in [0.29, 0.717) is 13.2 Å². The minimum absolute atomic E-state index is 0.0588. The minimum atomic E-state index is -0.452. The van der Waals surface area contributed by atoms with Crippen molar-refractivity contribution in [1.82, 2.24) is 9.88 Å². The molecule has 1 fully saturated rings. The van der Waals surface area contributed by atoms with Crippen LogP contribution in [0, 0.1) is 6.92 Å². The van der Waals surface area contributed by atoms with E-state index in [9.17, 15) is 9.59 Å². The highest BCUT2D eigenvalue weighted by Crippen LogP contribution is 2.13. The van der Waals surface area contributed by atoms with Crippen molar-refractivity contribution in [3.8, 4) is 0 Å². The molecular formula is C11H14N2O4S. The molecular weight excluding hydrogens is 256 g/mol. The summed E-state index contributed by atoms with van der Waals surface area (Å²) >= 11 is 1.44. The number of amides is 1. The quantitative estimate of drug-likeness (QED) is 0.772. The molecule has 0 bridgehead atoms. The van der Waals surface area contributed by atoms with Crippen molar-refractivity contribution in [2.24, 2.45) is 0 Å². The number of cyclic esters (lactones) is 1. The smallest absolute Gasteiger partial charge is 0.410 e. The highest BCUT2D eigenvalue weighted by atomic mass is 32.1. The van der Waals surface area contributed by atoms with Crippen LogP contribution in [-0.4, -0.2) is 41.6 Å². The number of thiazole rings is 1. The van der Waals surface area contributed by atoms with Crippen LogP contribution < -0.4 is 0 Å². The molecule has 1 aliphatic rings. The van der Waals surface area contributed by atoms with Crippen LogP contribution in [-0.2, 0) is 20.9 Å². The first-order valence-corrected chi connectivity index (χ1v) is 6.51. The Morgan fingerprint density at radius 1 is 1.67 bits per heavy atom. The van der Waals surface area contributed by atoms with Gasteiger partial charge in [0.2, 0.25) is 0 Å². The maximum Gasteiger partial charge on any atom is 0.410 e. The zero-order chi connectivity index (χ0) is 13.0. The van der Waals surface area contributed by atoms with E-state index in [2.05, 4.69) is 4.98 Å². The molecule has 98 valence electrons. The van der Waals surface area contributed by atoms with Crippen molar-refractivity contribution in [1.29, 1.82) is 0 Å². The van der Waals surface area contributed by atoms with Crippen molar-refractivity contribution < 1.29 is 19.1 Å². The van der Waals surface area contributed by atoms with E-state index < -0.39 is 12.1 Å². The first-order chi connectivity index (χ1) is 8.66. The number of hydrogen-bond donors (Lipinski definition) is 0. The predicted octanol–water partition coefficient (Wildman–Crippen LogP) is 1.34. The molecule has 7 heteroatoms. The van der Waals surface area contributed by atoms with Crippen molar-refractivity contribution in [2.45, 2.75) is 20.0 Å². The number of hydrogen-bond acceptors (Lipinski definition) is 6. The molecule has 2 rings (SSSR count). The van der Waals surface area contributed by atoms with Crippen molar-refractivity contribution in [2.75, 3.05) is 19.7 Å². The van der Waals surface area contributed by atoms with Crippen LogP contribution in [0.5, 0.6) is 0 Å². The number of ether oxygens (including phenoxy) is 2. The van der Waals surface area contributed by atoms with Gasteiger partial charge in [-0.25, -0.2) is 9.78 Å². The molecule has 1 aromatic heterocycles. The summed E-state index contributed by atoms with van der Waals surface area (Å²) in [4.78, 5) is 29.2. The van der Waals surface area contributed by atoms with Gasteiger partial charge in [-0.3, -0.25) is 9.69 Å². The van der Waals surface area contributed by atoms with Gasteiger partial charge in [0.15, 0.2) is 0 Å². The highest BCUT2D eigenvalue weighted by molar-refractivity contribution is 7.09. The zero-order valence-corrected chi connectivity index (χ0v) is 10.9. The van der Waals surface area contributed by atoms with E-state index in [0.717, 1.165) is 17.0 Å². The summed E-state index contributed by atoms with van der Waals surface area (Å²) in [6.07, 6.45) is 0.291. The first kappa shape index (κ1) is 12.8. The second-order valence-electron chi connectivity index (χ2n) is 3.91. The molecule has 0 N–H and O–H groups in total. The second-order valence-corrected chi connectivity index (χ2v) is 4.85. The average molecular weight is 270 g/mol. The molecule has 0 aromatic carbocycles. The number of carbonyl (C=O) groups is 2. The Morgan fingerprint density at radius 3 is 3.17 bits per heavy atom. The fourth-order valence-electron chi connectivity index (χ4n) is 1.55. The van der Waals surface area contributed by atoms with E-state index in [4.69, 9.17) is 9.47 Å². The van der Waals surface area contributed by atoms with Gasteiger partial charge in [0.25, 0.3) is 0 Å². The van der Waals surface area contributed by atoms with Gasteiger partial charge < -0.3 is 9.47 Å². The molecule has 2 heterocycles. The van der Waals surface area contributed by atoms with Gasteiger partial charge in [0, 0.05) is 6.54 Å². The summed E-state index contributed by atoms with van der Waals surface area (Å²) in [5.41, 5.74) is 2.57. The number of rotatable bonds is 4. The normalized spacial score (nSPS) is 15.4. The third-order valence-corrected chi connectivity index (χ3v) is 3.49. The number of aryl methyl sites for hydroxylation is 1. The first-order valence-electron chi connectivity index (χ1n) is 5.63. The Bertz CT molecular complexity index is 446. The largest absolute Gasteiger partial charge is 0.459 e. The molecule has 1 aliphatic heterocycles. The number of esters is 1. The minimum Gasteiger partial charge on any atom is -0.459 e. The van der Waals surface area contributed by atoms with Crippen LogP contribution in [0.15, 0.2) is 5.51 Å². The van der Waals surface area contributed by atoms with Crippen molar-refractivity contribution >= 4 is 23.4 Å². The predicted molar refractivity (Wildman–Crippen MR) is 64.2 cm³/mol. The Balaban J connectivity index is 1.78. The Hall–Kier alpha value is -1.63. The maximum atomic E-state index is 11.6. The number of aromatic nitrogens is 1. The lowest BCUT2D eigenvalue weighted by molar-refractivity contribution is -0.146. The molecule has 18 heavy (non-hydrogen) atoms. The summed E-state index contributed by atoms with van der Waals surface area (Å²) < 4.78 is 9.93. The lowest BCUT2D eigenvalue weighted by atomic mass is 10.3. The summed E-state index contributed by atoms with van der Waals surface area (Å²) in [6, 6.07) is 0. The number of nitrogens with zero attached hydrogens (tertiary/aromatic N) is 2. The molecule has 1 aromatic rings. The Labute approximate surface area is 109 Å². The van der Waals surface area contributed by atoms with Gasteiger partial charge in [-0.2, -0.15) is 0 Å². The molecule has 1 amide bonds. The van der Waals surface area contributed by atoms with Gasteiger partial charge in [0.1, 0.15) is 13.2 Å². The number of carbonyl (C=O) groups excluding carboxylic acids is 2. The van der Waals surface area contributed by atoms with Crippen molar-refractivity contribution in [3.63, 3.8) is 0 Å². The fraction of sp³-hybridized carbons (Fsp3) is 0.545. The van der Waals surface area contributed by atoms with E-state index in [1.807, 2.05) is 6.92 Å². The molecule has 0 spiro atoms. The SMILES string of the molecule is Cc1ncsc1COC(=O)CN1CCCOC1=O. The lowest BCUT2D eigenvalue weighted by Crippen LogP contribution is -2.41. The monoisotopic (exact) mass is 270 g/mol. The van der Waals surface area contributed by atoms with Gasteiger partial charge in [-0.15, -0.1) is 11.3 Å². The van der Waals surface area contributed by atoms with E-state index >= 15 is 0 Å². The summed E-state index contributed by atoms with van der Waals surface area (Å²) in [6.45, 7) is 2.97. The van der Waals surface area contributed by atoms with Gasteiger partial charge in [-0.1, -0.05) is 0 Å². The van der Waals surface area contributed by atoms with Crippen LogP contribution in [0.3, 0.4) is 0 Å². The van der Waals surface area contributed by atoms with Crippen molar-refractivity contribution in [3.05, 3.63) is 16.1 Å². The fourth-order valence-corrected chi connectivity index (χ4v) is 2.24. The van der Waals surface area contributed by atoms with E-state index in [1.165, 1.54) is 16.2 Å². The average Bonchev–Trinajstić information content (AvgIpc) is 2.75. The van der Waals surface area contributed by atoms with E-state index in [1.54, 1.807) is 5.51 Å². The van der Waals surface area contributed by atoms with Gasteiger partial charge in [0.05, 0.1) is 22.7 Å². The Kier molecular flexibility index (Phi) is 4.14. The van der Waals surface area contributed by atoms with Crippen LogP contribution >= 0.6 is 11.3 Å². The van der Waals surface area contributed by atoms with Crippen LogP contribution in [0.2, 0.25) is 0 Å².